The van der Waals surface area contributed by atoms with Gasteiger partial charge >= 0.3 is 0 Å². The Morgan fingerprint density at radius 3 is 2.19 bits per heavy atom. The Labute approximate surface area is 133 Å². The molecule has 3 aromatic rings. The lowest BCUT2D eigenvalue weighted by Gasteiger charge is -2.09. The van der Waals surface area contributed by atoms with Gasteiger partial charge in [-0.2, -0.15) is 0 Å². The summed E-state index contributed by atoms with van der Waals surface area (Å²) >= 11 is 12.4. The normalized spacial score (nSPS) is 10.8. The van der Waals surface area contributed by atoms with Crippen LogP contribution in [0.25, 0.3) is 10.8 Å². The highest BCUT2D eigenvalue weighted by atomic mass is 35.5. The van der Waals surface area contributed by atoms with Crippen molar-refractivity contribution in [3.8, 4) is 0 Å². The molecule has 3 aromatic carbocycles. The second-order valence-corrected chi connectivity index (χ2v) is 5.77. The van der Waals surface area contributed by atoms with Gasteiger partial charge in [0.25, 0.3) is 0 Å². The Morgan fingerprint density at radius 1 is 0.810 bits per heavy atom. The fourth-order valence-electron chi connectivity index (χ4n) is 2.41. The zero-order chi connectivity index (χ0) is 15.0. The molecule has 0 radical (unpaired) electrons. The molecule has 3 heteroatoms. The fourth-order valence-corrected chi connectivity index (χ4v) is 2.96. The molecule has 0 N–H and O–H groups in total. The maximum Gasteiger partial charge on any atom is 0.195 e. The van der Waals surface area contributed by atoms with Gasteiger partial charge in [-0.25, -0.2) is 0 Å². The number of carbonyl (C=O) groups excluding carboxylic acids is 1. The number of aryl methyl sites for hydroxylation is 1. The molecule has 0 saturated carbocycles. The number of fused-ring (bicyclic) bond motifs is 1. The molecule has 1 nitrogen and oxygen atoms in total. The van der Waals surface area contributed by atoms with Gasteiger partial charge in [-0.1, -0.05) is 53.5 Å². The fraction of sp³-hybridized carbons (Fsp3) is 0.0556. The highest BCUT2D eigenvalue weighted by Gasteiger charge is 2.16. The average Bonchev–Trinajstić information content (AvgIpc) is 2.47. The molecule has 0 saturated heterocycles. The molecule has 0 fully saturated rings. The molecule has 21 heavy (non-hydrogen) atoms. The maximum absolute atomic E-state index is 12.8. The zero-order valence-corrected chi connectivity index (χ0v) is 12.9. The van der Waals surface area contributed by atoms with E-state index in [0.29, 0.717) is 21.2 Å². The first-order chi connectivity index (χ1) is 10.1. The van der Waals surface area contributed by atoms with Crippen LogP contribution in [0.5, 0.6) is 0 Å². The van der Waals surface area contributed by atoms with Gasteiger partial charge in [-0.05, 0) is 42.1 Å². The molecule has 0 aromatic heterocycles. The standard InChI is InChI=1S/C18H12Cl2O/c1-11-6-7-15(17(20)10-11)18(21)14-8-9-16(19)13-5-3-2-4-12(13)14/h2-10H,1H3. The van der Waals surface area contributed by atoms with Crippen molar-refractivity contribution < 1.29 is 4.79 Å². The van der Waals surface area contributed by atoms with E-state index in [0.717, 1.165) is 16.3 Å². The van der Waals surface area contributed by atoms with Crippen LogP contribution in [0.15, 0.2) is 54.6 Å². The van der Waals surface area contributed by atoms with E-state index in [2.05, 4.69) is 0 Å². The minimum absolute atomic E-state index is 0.0899. The Hall–Kier alpha value is -1.83. The van der Waals surface area contributed by atoms with Gasteiger partial charge < -0.3 is 0 Å². The van der Waals surface area contributed by atoms with E-state index < -0.39 is 0 Å². The lowest BCUT2D eigenvalue weighted by Crippen LogP contribution is -2.03. The van der Waals surface area contributed by atoms with Gasteiger partial charge in [0.1, 0.15) is 0 Å². The molecule has 0 aliphatic rings. The summed E-state index contributed by atoms with van der Waals surface area (Å²) < 4.78 is 0. The van der Waals surface area contributed by atoms with Gasteiger partial charge in [0.15, 0.2) is 5.78 Å². The molecule has 0 unspecified atom stereocenters. The smallest absolute Gasteiger partial charge is 0.195 e. The summed E-state index contributed by atoms with van der Waals surface area (Å²) in [5, 5.41) is 2.82. The van der Waals surface area contributed by atoms with E-state index in [-0.39, 0.29) is 5.78 Å². The zero-order valence-electron chi connectivity index (χ0n) is 11.4. The average molecular weight is 315 g/mol. The van der Waals surface area contributed by atoms with Crippen LogP contribution in [-0.4, -0.2) is 5.78 Å². The number of benzene rings is 3. The van der Waals surface area contributed by atoms with Crippen molar-refractivity contribution in [1.29, 1.82) is 0 Å². The molecular weight excluding hydrogens is 303 g/mol. The van der Waals surface area contributed by atoms with Crippen molar-refractivity contribution in [2.75, 3.05) is 0 Å². The monoisotopic (exact) mass is 314 g/mol. The summed E-state index contributed by atoms with van der Waals surface area (Å²) in [5.41, 5.74) is 2.15. The maximum atomic E-state index is 12.8. The van der Waals surface area contributed by atoms with Crippen LogP contribution in [0.1, 0.15) is 21.5 Å². The van der Waals surface area contributed by atoms with Crippen molar-refractivity contribution in [3.63, 3.8) is 0 Å². The summed E-state index contributed by atoms with van der Waals surface area (Å²) in [6.07, 6.45) is 0. The summed E-state index contributed by atoms with van der Waals surface area (Å²) in [6.45, 7) is 1.94. The molecule has 0 aliphatic carbocycles. The first-order valence-corrected chi connectivity index (χ1v) is 7.31. The third-order valence-corrected chi connectivity index (χ3v) is 4.13. The van der Waals surface area contributed by atoms with Crippen molar-refractivity contribution in [1.82, 2.24) is 0 Å². The van der Waals surface area contributed by atoms with Crippen LogP contribution in [-0.2, 0) is 0 Å². The van der Waals surface area contributed by atoms with Crippen LogP contribution in [0, 0.1) is 6.92 Å². The van der Waals surface area contributed by atoms with Crippen LogP contribution in [0.4, 0.5) is 0 Å². The highest BCUT2D eigenvalue weighted by molar-refractivity contribution is 6.38. The first kappa shape index (κ1) is 14.1. The molecule has 0 heterocycles. The molecule has 0 atom stereocenters. The first-order valence-electron chi connectivity index (χ1n) is 6.56. The van der Waals surface area contributed by atoms with Gasteiger partial charge in [-0.3, -0.25) is 4.79 Å². The third kappa shape index (κ3) is 2.55. The van der Waals surface area contributed by atoms with Crippen molar-refractivity contribution in [3.05, 3.63) is 81.3 Å². The minimum atomic E-state index is -0.0899. The van der Waals surface area contributed by atoms with Gasteiger partial charge in [0, 0.05) is 21.5 Å². The second-order valence-electron chi connectivity index (χ2n) is 4.95. The van der Waals surface area contributed by atoms with E-state index in [1.165, 1.54) is 0 Å². The van der Waals surface area contributed by atoms with Crippen LogP contribution in [0.3, 0.4) is 0 Å². The summed E-state index contributed by atoms with van der Waals surface area (Å²) in [7, 11) is 0. The summed E-state index contributed by atoms with van der Waals surface area (Å²) in [5.74, 6) is -0.0899. The van der Waals surface area contributed by atoms with Gasteiger partial charge in [0.05, 0.1) is 5.02 Å². The quantitative estimate of drug-likeness (QED) is 0.556. The largest absolute Gasteiger partial charge is 0.289 e. The molecule has 0 bridgehead atoms. The molecular formula is C18H12Cl2O. The summed E-state index contributed by atoms with van der Waals surface area (Å²) in [6, 6.07) is 16.6. The minimum Gasteiger partial charge on any atom is -0.289 e. The van der Waals surface area contributed by atoms with Crippen molar-refractivity contribution in [2.24, 2.45) is 0 Å². The molecule has 3 rings (SSSR count). The number of hydrogen-bond donors (Lipinski definition) is 0. The van der Waals surface area contributed by atoms with Crippen LogP contribution < -0.4 is 0 Å². The van der Waals surface area contributed by atoms with E-state index in [1.807, 2.05) is 37.3 Å². The molecule has 0 aliphatic heterocycles. The van der Waals surface area contributed by atoms with E-state index in [4.69, 9.17) is 23.2 Å². The Morgan fingerprint density at radius 2 is 1.48 bits per heavy atom. The predicted octanol–water partition coefficient (Wildman–Crippen LogP) is 5.69. The van der Waals surface area contributed by atoms with Crippen molar-refractivity contribution >= 4 is 39.8 Å². The third-order valence-electron chi connectivity index (χ3n) is 3.48. The van der Waals surface area contributed by atoms with Crippen LogP contribution in [0.2, 0.25) is 10.0 Å². The molecule has 104 valence electrons. The van der Waals surface area contributed by atoms with E-state index in [1.54, 1.807) is 24.3 Å². The number of halogens is 2. The van der Waals surface area contributed by atoms with Crippen LogP contribution >= 0.6 is 23.2 Å². The lowest BCUT2D eigenvalue weighted by molar-refractivity contribution is 0.104. The predicted molar refractivity (Wildman–Crippen MR) is 88.6 cm³/mol. The Bertz CT molecular complexity index is 853. The molecule has 0 spiro atoms. The number of carbonyl (C=O) groups is 1. The highest BCUT2D eigenvalue weighted by Crippen LogP contribution is 2.29. The SMILES string of the molecule is Cc1ccc(C(=O)c2ccc(Cl)c3ccccc23)c(Cl)c1. The van der Waals surface area contributed by atoms with Gasteiger partial charge in [0.2, 0.25) is 0 Å². The lowest BCUT2D eigenvalue weighted by atomic mass is 9.96. The van der Waals surface area contributed by atoms with E-state index in [9.17, 15) is 4.79 Å². The number of hydrogen-bond acceptors (Lipinski definition) is 1. The Kier molecular flexibility index (Phi) is 3.71. The topological polar surface area (TPSA) is 17.1 Å². The second kappa shape index (κ2) is 5.51. The number of rotatable bonds is 2. The molecule has 0 amide bonds. The van der Waals surface area contributed by atoms with Gasteiger partial charge in [-0.15, -0.1) is 0 Å². The van der Waals surface area contributed by atoms with E-state index >= 15 is 0 Å². The Balaban J connectivity index is 2.21. The number of ketones is 1. The summed E-state index contributed by atoms with van der Waals surface area (Å²) in [4.78, 5) is 12.8. The van der Waals surface area contributed by atoms with Crippen molar-refractivity contribution in [2.45, 2.75) is 6.92 Å².